The first-order chi connectivity index (χ1) is 8.50. The fraction of sp³-hybridized carbons (Fsp3) is 0.133. The van der Waals surface area contributed by atoms with Crippen molar-refractivity contribution in [3.63, 3.8) is 0 Å². The number of rotatable bonds is 2. The molecule has 0 saturated carbocycles. The van der Waals surface area contributed by atoms with Gasteiger partial charge in [-0.3, -0.25) is 4.79 Å². The molecule has 3 heteroatoms. The fourth-order valence-corrected chi connectivity index (χ4v) is 2.41. The van der Waals surface area contributed by atoms with E-state index in [0.29, 0.717) is 10.6 Å². The molecule has 0 aromatic heterocycles. The molecule has 2 rings (SSSR count). The predicted molar refractivity (Wildman–Crippen MR) is 78.5 cm³/mol. The predicted octanol–water partition coefficient (Wildman–Crippen LogP) is 4.95. The Bertz CT molecular complexity index is 616. The van der Waals surface area contributed by atoms with Crippen LogP contribution in [0.4, 0.5) is 0 Å². The van der Waals surface area contributed by atoms with Gasteiger partial charge in [0.25, 0.3) is 0 Å². The first-order valence-corrected chi connectivity index (χ1v) is 6.74. The number of carbonyl (C=O) groups excluding carboxylic acids is 1. The Hall–Kier alpha value is -1.12. The zero-order valence-corrected chi connectivity index (χ0v) is 12.5. The van der Waals surface area contributed by atoms with Crippen molar-refractivity contribution in [2.45, 2.75) is 13.8 Å². The van der Waals surface area contributed by atoms with Crippen molar-refractivity contribution in [1.29, 1.82) is 0 Å². The van der Waals surface area contributed by atoms with Crippen LogP contribution in [0.15, 0.2) is 40.9 Å². The number of benzene rings is 2. The van der Waals surface area contributed by atoms with Gasteiger partial charge in [0.05, 0.1) is 0 Å². The van der Waals surface area contributed by atoms with Gasteiger partial charge in [-0.1, -0.05) is 45.7 Å². The van der Waals surface area contributed by atoms with Gasteiger partial charge in [0.2, 0.25) is 0 Å². The highest BCUT2D eigenvalue weighted by Gasteiger charge is 2.15. The molecule has 0 aliphatic carbocycles. The van der Waals surface area contributed by atoms with Crippen molar-refractivity contribution < 1.29 is 4.79 Å². The minimum absolute atomic E-state index is 0.00873. The van der Waals surface area contributed by atoms with Crippen LogP contribution >= 0.6 is 27.5 Å². The molecule has 0 saturated heterocycles. The summed E-state index contributed by atoms with van der Waals surface area (Å²) in [6, 6.07) is 11.0. The standard InChI is InChI=1S/C15H12BrClO/c1-9-4-3-5-12(10(9)2)15(18)13-8-11(17)6-7-14(13)16/h3-8H,1-2H3. The smallest absolute Gasteiger partial charge is 0.194 e. The van der Waals surface area contributed by atoms with E-state index in [1.54, 1.807) is 18.2 Å². The second kappa shape index (κ2) is 5.25. The number of hydrogen-bond acceptors (Lipinski definition) is 1. The summed E-state index contributed by atoms with van der Waals surface area (Å²) in [5, 5.41) is 0.562. The van der Waals surface area contributed by atoms with E-state index in [4.69, 9.17) is 11.6 Å². The van der Waals surface area contributed by atoms with Crippen LogP contribution in [0.25, 0.3) is 0 Å². The zero-order chi connectivity index (χ0) is 13.3. The van der Waals surface area contributed by atoms with Gasteiger partial charge < -0.3 is 0 Å². The molecule has 0 atom stereocenters. The lowest BCUT2D eigenvalue weighted by Crippen LogP contribution is -2.05. The summed E-state index contributed by atoms with van der Waals surface area (Å²) in [4.78, 5) is 12.5. The first kappa shape index (κ1) is 13.3. The highest BCUT2D eigenvalue weighted by Crippen LogP contribution is 2.25. The van der Waals surface area contributed by atoms with Crippen molar-refractivity contribution in [1.82, 2.24) is 0 Å². The molecule has 2 aromatic carbocycles. The average molecular weight is 324 g/mol. The van der Waals surface area contributed by atoms with Gasteiger partial charge in [-0.2, -0.15) is 0 Å². The van der Waals surface area contributed by atoms with Crippen molar-refractivity contribution in [2.24, 2.45) is 0 Å². The maximum atomic E-state index is 12.5. The van der Waals surface area contributed by atoms with E-state index in [2.05, 4.69) is 15.9 Å². The Morgan fingerprint density at radius 1 is 1.11 bits per heavy atom. The molecule has 0 radical (unpaired) electrons. The quantitative estimate of drug-likeness (QED) is 0.715. The number of carbonyl (C=O) groups is 1. The minimum Gasteiger partial charge on any atom is -0.289 e. The van der Waals surface area contributed by atoms with Gasteiger partial charge in [-0.15, -0.1) is 0 Å². The number of hydrogen-bond donors (Lipinski definition) is 0. The van der Waals surface area contributed by atoms with Crippen LogP contribution < -0.4 is 0 Å². The maximum Gasteiger partial charge on any atom is 0.194 e. The van der Waals surface area contributed by atoms with E-state index in [-0.39, 0.29) is 5.78 Å². The third kappa shape index (κ3) is 2.50. The number of ketones is 1. The second-order valence-corrected chi connectivity index (χ2v) is 5.49. The van der Waals surface area contributed by atoms with Crippen LogP contribution in [0.2, 0.25) is 5.02 Å². The van der Waals surface area contributed by atoms with Crippen LogP contribution in [-0.2, 0) is 0 Å². The Morgan fingerprint density at radius 2 is 1.83 bits per heavy atom. The topological polar surface area (TPSA) is 17.1 Å². The molecular weight excluding hydrogens is 312 g/mol. The van der Waals surface area contributed by atoms with Crippen molar-refractivity contribution in [3.05, 3.63) is 68.1 Å². The zero-order valence-electron chi connectivity index (χ0n) is 10.1. The van der Waals surface area contributed by atoms with E-state index in [9.17, 15) is 4.79 Å². The summed E-state index contributed by atoms with van der Waals surface area (Å²) in [6.07, 6.45) is 0. The highest BCUT2D eigenvalue weighted by molar-refractivity contribution is 9.10. The van der Waals surface area contributed by atoms with E-state index in [1.165, 1.54) is 0 Å². The summed E-state index contributed by atoms with van der Waals surface area (Å²) in [6.45, 7) is 3.96. The molecule has 92 valence electrons. The van der Waals surface area contributed by atoms with Crippen LogP contribution in [-0.4, -0.2) is 5.78 Å². The molecule has 0 fully saturated rings. The van der Waals surface area contributed by atoms with Gasteiger partial charge in [-0.25, -0.2) is 0 Å². The lowest BCUT2D eigenvalue weighted by molar-refractivity contribution is 0.103. The normalized spacial score (nSPS) is 10.4. The molecule has 1 nitrogen and oxygen atoms in total. The van der Waals surface area contributed by atoms with E-state index in [0.717, 1.165) is 21.2 Å². The molecule has 0 spiro atoms. The lowest BCUT2D eigenvalue weighted by atomic mass is 9.96. The molecular formula is C15H12BrClO. The molecule has 18 heavy (non-hydrogen) atoms. The minimum atomic E-state index is -0.00873. The first-order valence-electron chi connectivity index (χ1n) is 5.56. The van der Waals surface area contributed by atoms with Crippen molar-refractivity contribution >= 4 is 33.3 Å². The number of aryl methyl sites for hydroxylation is 1. The molecule has 0 bridgehead atoms. The Kier molecular flexibility index (Phi) is 3.88. The van der Waals surface area contributed by atoms with E-state index in [1.807, 2.05) is 32.0 Å². The molecule has 0 aliphatic rings. The van der Waals surface area contributed by atoms with Crippen molar-refractivity contribution in [2.75, 3.05) is 0 Å². The van der Waals surface area contributed by atoms with Gasteiger partial charge in [0, 0.05) is 20.6 Å². The van der Waals surface area contributed by atoms with Gasteiger partial charge in [0.1, 0.15) is 0 Å². The Morgan fingerprint density at radius 3 is 2.56 bits per heavy atom. The summed E-state index contributed by atoms with van der Waals surface area (Å²) in [5.74, 6) is -0.00873. The summed E-state index contributed by atoms with van der Waals surface area (Å²) < 4.78 is 0.762. The van der Waals surface area contributed by atoms with Crippen LogP contribution in [0.5, 0.6) is 0 Å². The maximum absolute atomic E-state index is 12.5. The third-order valence-corrected chi connectivity index (χ3v) is 3.95. The van der Waals surface area contributed by atoms with Gasteiger partial charge in [0.15, 0.2) is 5.78 Å². The number of halogens is 2. The molecule has 0 N–H and O–H groups in total. The van der Waals surface area contributed by atoms with Gasteiger partial charge in [-0.05, 0) is 43.2 Å². The highest BCUT2D eigenvalue weighted by atomic mass is 79.9. The summed E-state index contributed by atoms with van der Waals surface area (Å²) in [5.41, 5.74) is 3.43. The van der Waals surface area contributed by atoms with Gasteiger partial charge >= 0.3 is 0 Å². The summed E-state index contributed by atoms with van der Waals surface area (Å²) in [7, 11) is 0. The lowest BCUT2D eigenvalue weighted by Gasteiger charge is -2.09. The molecule has 0 unspecified atom stereocenters. The second-order valence-electron chi connectivity index (χ2n) is 4.20. The Balaban J connectivity index is 2.55. The van der Waals surface area contributed by atoms with Crippen LogP contribution in [0.3, 0.4) is 0 Å². The fourth-order valence-electron chi connectivity index (χ4n) is 1.81. The molecule has 0 aliphatic heterocycles. The third-order valence-electron chi connectivity index (χ3n) is 3.02. The molecule has 0 amide bonds. The van der Waals surface area contributed by atoms with Crippen molar-refractivity contribution in [3.8, 4) is 0 Å². The van der Waals surface area contributed by atoms with Crippen LogP contribution in [0.1, 0.15) is 27.0 Å². The average Bonchev–Trinajstić information content (AvgIpc) is 2.35. The monoisotopic (exact) mass is 322 g/mol. The Labute approximate surface area is 120 Å². The molecule has 2 aromatic rings. The molecule has 0 heterocycles. The van der Waals surface area contributed by atoms with Crippen LogP contribution in [0, 0.1) is 13.8 Å². The largest absolute Gasteiger partial charge is 0.289 e. The van der Waals surface area contributed by atoms with E-state index >= 15 is 0 Å². The summed E-state index contributed by atoms with van der Waals surface area (Å²) >= 11 is 9.34. The van der Waals surface area contributed by atoms with E-state index < -0.39 is 0 Å². The SMILES string of the molecule is Cc1cccc(C(=O)c2cc(Cl)ccc2Br)c1C.